The maximum atomic E-state index is 11.8. The topological polar surface area (TPSA) is 70.7 Å². The summed E-state index contributed by atoms with van der Waals surface area (Å²) < 4.78 is 0. The van der Waals surface area contributed by atoms with E-state index >= 15 is 0 Å². The molecule has 1 aromatic rings. The van der Waals surface area contributed by atoms with Gasteiger partial charge in [0.2, 0.25) is 5.91 Å². The van der Waals surface area contributed by atoms with Crippen LogP contribution in [-0.2, 0) is 11.3 Å². The number of benzene rings is 1. The molecule has 0 atom stereocenters. The van der Waals surface area contributed by atoms with Crippen LogP contribution in [0.2, 0.25) is 0 Å². The smallest absolute Gasteiger partial charge is 0.224 e. The predicted octanol–water partition coefficient (Wildman–Crippen LogP) is 2.83. The highest BCUT2D eigenvalue weighted by Crippen LogP contribution is 2.13. The number of carbonyl (C=O) groups is 1. The third-order valence-corrected chi connectivity index (χ3v) is 3.32. The van der Waals surface area contributed by atoms with Crippen LogP contribution in [0.3, 0.4) is 0 Å². The lowest BCUT2D eigenvalue weighted by atomic mass is 10.1. The largest absolute Gasteiger partial charge is 0.370 e. The van der Waals surface area contributed by atoms with E-state index in [9.17, 15) is 4.79 Å². The zero-order chi connectivity index (χ0) is 16.5. The highest BCUT2D eigenvalue weighted by Gasteiger charge is 2.06. The summed E-state index contributed by atoms with van der Waals surface area (Å²) >= 11 is 0. The van der Waals surface area contributed by atoms with Crippen molar-refractivity contribution in [3.63, 3.8) is 0 Å². The fraction of sp³-hybridized carbons (Fsp3) is 0.529. The highest BCUT2D eigenvalue weighted by atomic mass is 16.1. The van der Waals surface area contributed by atoms with Gasteiger partial charge >= 0.3 is 0 Å². The number of guanidine groups is 1. The van der Waals surface area contributed by atoms with Gasteiger partial charge in [-0.1, -0.05) is 26.0 Å². The van der Waals surface area contributed by atoms with E-state index in [2.05, 4.69) is 24.2 Å². The van der Waals surface area contributed by atoms with E-state index in [0.29, 0.717) is 24.8 Å². The summed E-state index contributed by atoms with van der Waals surface area (Å²) in [6.45, 7) is 10.4. The number of anilines is 1. The van der Waals surface area contributed by atoms with Gasteiger partial charge in [0.25, 0.3) is 0 Å². The van der Waals surface area contributed by atoms with E-state index in [1.54, 1.807) is 0 Å². The number of carbonyl (C=O) groups excluding carboxylic acids is 1. The molecule has 0 fully saturated rings. The minimum absolute atomic E-state index is 0.0401. The van der Waals surface area contributed by atoms with E-state index in [-0.39, 0.29) is 5.91 Å². The molecular weight excluding hydrogens is 276 g/mol. The van der Waals surface area contributed by atoms with Crippen molar-refractivity contribution < 1.29 is 4.79 Å². The summed E-state index contributed by atoms with van der Waals surface area (Å²) in [5, 5.41) is 2.92. The van der Waals surface area contributed by atoms with Gasteiger partial charge in [-0.3, -0.25) is 4.79 Å². The summed E-state index contributed by atoms with van der Waals surface area (Å²) in [4.78, 5) is 18.2. The summed E-state index contributed by atoms with van der Waals surface area (Å²) in [7, 11) is 0. The van der Waals surface area contributed by atoms with Crippen LogP contribution in [0, 0.1) is 5.92 Å². The quantitative estimate of drug-likeness (QED) is 0.601. The molecule has 0 radical (unpaired) electrons. The van der Waals surface area contributed by atoms with Crippen LogP contribution >= 0.6 is 0 Å². The number of hydrogen-bond donors (Lipinski definition) is 2. The number of aliphatic imine (C=N–C) groups is 1. The van der Waals surface area contributed by atoms with Gasteiger partial charge in [-0.2, -0.15) is 0 Å². The molecule has 1 amide bonds. The van der Waals surface area contributed by atoms with Gasteiger partial charge in [-0.15, -0.1) is 0 Å². The second kappa shape index (κ2) is 9.07. The molecule has 0 heterocycles. The molecule has 0 unspecified atom stereocenters. The first-order valence-electron chi connectivity index (χ1n) is 7.89. The summed E-state index contributed by atoms with van der Waals surface area (Å²) in [5.74, 6) is 0.944. The van der Waals surface area contributed by atoms with Crippen LogP contribution in [0.4, 0.5) is 5.69 Å². The van der Waals surface area contributed by atoms with E-state index in [0.717, 1.165) is 24.3 Å². The van der Waals surface area contributed by atoms with Gasteiger partial charge in [0.15, 0.2) is 5.96 Å². The average Bonchev–Trinajstić information content (AvgIpc) is 2.46. The van der Waals surface area contributed by atoms with Crippen LogP contribution < -0.4 is 11.1 Å². The third kappa shape index (κ3) is 6.16. The molecule has 0 bridgehead atoms. The molecular formula is C17H28N4O. The number of rotatable bonds is 7. The third-order valence-electron chi connectivity index (χ3n) is 3.32. The zero-order valence-electron chi connectivity index (χ0n) is 14.1. The molecule has 0 saturated carbocycles. The Labute approximate surface area is 133 Å². The van der Waals surface area contributed by atoms with E-state index < -0.39 is 0 Å². The van der Waals surface area contributed by atoms with Crippen LogP contribution in [0.15, 0.2) is 29.3 Å². The Morgan fingerprint density at radius 3 is 2.59 bits per heavy atom. The van der Waals surface area contributed by atoms with Gasteiger partial charge in [0.1, 0.15) is 0 Å². The standard InChI is InChI=1S/C17H28N4O/c1-5-21(6-2)17(18)19-12-14-8-7-9-15(11-14)20-16(22)10-13(3)4/h7-9,11,13H,5-6,10,12H2,1-4H3,(H2,18,19)(H,20,22). The fourth-order valence-electron chi connectivity index (χ4n) is 2.15. The summed E-state index contributed by atoms with van der Waals surface area (Å²) in [6, 6.07) is 7.73. The van der Waals surface area contributed by atoms with Gasteiger partial charge in [-0.25, -0.2) is 4.99 Å². The summed E-state index contributed by atoms with van der Waals surface area (Å²) in [5.41, 5.74) is 7.80. The highest BCUT2D eigenvalue weighted by molar-refractivity contribution is 5.90. The molecule has 5 nitrogen and oxygen atoms in total. The monoisotopic (exact) mass is 304 g/mol. The molecule has 0 aliphatic carbocycles. The number of nitrogens with zero attached hydrogens (tertiary/aromatic N) is 2. The second-order valence-corrected chi connectivity index (χ2v) is 5.69. The lowest BCUT2D eigenvalue weighted by molar-refractivity contribution is -0.116. The molecule has 1 rings (SSSR count). The van der Waals surface area contributed by atoms with Crippen molar-refractivity contribution in [3.05, 3.63) is 29.8 Å². The molecule has 5 heteroatoms. The van der Waals surface area contributed by atoms with Crippen LogP contribution in [0.25, 0.3) is 0 Å². The first-order valence-corrected chi connectivity index (χ1v) is 7.89. The molecule has 0 spiro atoms. The first-order chi connectivity index (χ1) is 10.5. The maximum absolute atomic E-state index is 11.8. The van der Waals surface area contributed by atoms with Crippen molar-refractivity contribution >= 4 is 17.6 Å². The van der Waals surface area contributed by atoms with Gasteiger partial charge in [0, 0.05) is 25.2 Å². The number of amides is 1. The van der Waals surface area contributed by atoms with Crippen LogP contribution in [0.5, 0.6) is 0 Å². The molecule has 0 aromatic heterocycles. The number of hydrogen-bond acceptors (Lipinski definition) is 2. The Hall–Kier alpha value is -2.04. The van der Waals surface area contributed by atoms with E-state index in [1.807, 2.05) is 43.0 Å². The first kappa shape index (κ1) is 18.0. The predicted molar refractivity (Wildman–Crippen MR) is 92.8 cm³/mol. The number of nitrogens with one attached hydrogen (secondary N) is 1. The second-order valence-electron chi connectivity index (χ2n) is 5.69. The Bertz CT molecular complexity index is 507. The molecule has 122 valence electrons. The van der Waals surface area contributed by atoms with Crippen molar-refractivity contribution in [3.8, 4) is 0 Å². The Kier molecular flexibility index (Phi) is 7.43. The Morgan fingerprint density at radius 2 is 2.00 bits per heavy atom. The molecule has 0 aliphatic rings. The lowest BCUT2D eigenvalue weighted by Crippen LogP contribution is -2.37. The Morgan fingerprint density at radius 1 is 1.32 bits per heavy atom. The van der Waals surface area contributed by atoms with Crippen molar-refractivity contribution in [2.45, 2.75) is 40.7 Å². The maximum Gasteiger partial charge on any atom is 0.224 e. The molecule has 3 N–H and O–H groups in total. The average molecular weight is 304 g/mol. The fourth-order valence-corrected chi connectivity index (χ4v) is 2.15. The molecule has 0 aliphatic heterocycles. The van der Waals surface area contributed by atoms with Gasteiger partial charge in [0.05, 0.1) is 6.54 Å². The van der Waals surface area contributed by atoms with Crippen LogP contribution in [-0.4, -0.2) is 29.9 Å². The van der Waals surface area contributed by atoms with E-state index in [1.165, 1.54) is 0 Å². The Balaban J connectivity index is 2.68. The van der Waals surface area contributed by atoms with Gasteiger partial charge < -0.3 is 16.0 Å². The van der Waals surface area contributed by atoms with Crippen molar-refractivity contribution in [2.75, 3.05) is 18.4 Å². The molecule has 22 heavy (non-hydrogen) atoms. The molecule has 1 aromatic carbocycles. The van der Waals surface area contributed by atoms with Crippen molar-refractivity contribution in [2.24, 2.45) is 16.6 Å². The van der Waals surface area contributed by atoms with E-state index in [4.69, 9.17) is 5.73 Å². The number of nitrogens with two attached hydrogens (primary N) is 1. The minimum Gasteiger partial charge on any atom is -0.370 e. The zero-order valence-corrected chi connectivity index (χ0v) is 14.1. The summed E-state index contributed by atoms with van der Waals surface area (Å²) in [6.07, 6.45) is 0.525. The molecule has 0 saturated heterocycles. The lowest BCUT2D eigenvalue weighted by Gasteiger charge is -2.19. The SMILES string of the molecule is CCN(CC)C(N)=NCc1cccc(NC(=O)CC(C)C)c1. The van der Waals surface area contributed by atoms with Crippen molar-refractivity contribution in [1.82, 2.24) is 4.90 Å². The van der Waals surface area contributed by atoms with Gasteiger partial charge in [-0.05, 0) is 37.5 Å². The minimum atomic E-state index is 0.0401. The normalized spacial score (nSPS) is 11.6. The van der Waals surface area contributed by atoms with Crippen LogP contribution in [0.1, 0.15) is 39.7 Å². The van der Waals surface area contributed by atoms with Crippen molar-refractivity contribution in [1.29, 1.82) is 0 Å².